The summed E-state index contributed by atoms with van der Waals surface area (Å²) in [6, 6.07) is 7.51. The molecule has 4 heteroatoms. The van der Waals surface area contributed by atoms with Crippen LogP contribution in [0.15, 0.2) is 24.3 Å². The van der Waals surface area contributed by atoms with Crippen LogP contribution in [-0.2, 0) is 9.59 Å². The predicted molar refractivity (Wildman–Crippen MR) is 63.3 cm³/mol. The Bertz CT molecular complexity index is 402. The Morgan fingerprint density at radius 3 is 2.56 bits per heavy atom. The van der Waals surface area contributed by atoms with Crippen LogP contribution in [0.25, 0.3) is 0 Å². The fraction of sp³-hybridized carbons (Fsp3) is 0.333. The molecule has 2 amide bonds. The van der Waals surface area contributed by atoms with E-state index in [1.165, 1.54) is 11.9 Å². The lowest BCUT2D eigenvalue weighted by Gasteiger charge is -2.20. The van der Waals surface area contributed by atoms with Crippen LogP contribution in [0.4, 0.5) is 5.69 Å². The van der Waals surface area contributed by atoms with Gasteiger partial charge in [-0.05, 0) is 31.5 Å². The largest absolute Gasteiger partial charge is 0.351 e. The van der Waals surface area contributed by atoms with Crippen molar-refractivity contribution in [3.63, 3.8) is 0 Å². The molecule has 1 N–H and O–H groups in total. The number of hydrogen-bond donors (Lipinski definition) is 1. The van der Waals surface area contributed by atoms with Crippen molar-refractivity contribution in [1.82, 2.24) is 5.32 Å². The Morgan fingerprint density at radius 1 is 1.38 bits per heavy atom. The molecule has 0 saturated carbocycles. The van der Waals surface area contributed by atoms with E-state index < -0.39 is 11.8 Å². The van der Waals surface area contributed by atoms with Gasteiger partial charge < -0.3 is 10.2 Å². The highest BCUT2D eigenvalue weighted by Gasteiger charge is 2.20. The molecule has 0 atom stereocenters. The molecule has 0 fully saturated rings. The molecule has 0 aliphatic rings. The van der Waals surface area contributed by atoms with Crippen molar-refractivity contribution in [2.24, 2.45) is 0 Å². The summed E-state index contributed by atoms with van der Waals surface area (Å²) in [4.78, 5) is 24.4. The van der Waals surface area contributed by atoms with Gasteiger partial charge in [0.25, 0.3) is 0 Å². The molecule has 1 rings (SSSR count). The number of nitrogens with one attached hydrogen (secondary N) is 1. The number of hydrogen-bond acceptors (Lipinski definition) is 2. The summed E-state index contributed by atoms with van der Waals surface area (Å²) < 4.78 is 0. The molecule has 0 bridgehead atoms. The minimum absolute atomic E-state index is 0.468. The number of amides is 2. The van der Waals surface area contributed by atoms with Gasteiger partial charge in [0.2, 0.25) is 0 Å². The summed E-state index contributed by atoms with van der Waals surface area (Å²) in [7, 11) is 1.45. The van der Waals surface area contributed by atoms with Gasteiger partial charge in [0.1, 0.15) is 0 Å². The molecular formula is C12H16N2O2. The fourth-order valence-electron chi connectivity index (χ4n) is 1.47. The summed E-state index contributed by atoms with van der Waals surface area (Å²) in [6.07, 6.45) is 0. The molecule has 4 nitrogen and oxygen atoms in total. The van der Waals surface area contributed by atoms with E-state index in [-0.39, 0.29) is 0 Å². The van der Waals surface area contributed by atoms with Gasteiger partial charge in [-0.3, -0.25) is 9.59 Å². The SMILES string of the molecule is CCN(C(=O)C(=O)NC)c1cccc(C)c1. The molecule has 0 saturated heterocycles. The van der Waals surface area contributed by atoms with Crippen molar-refractivity contribution in [3.8, 4) is 0 Å². The standard InChI is InChI=1S/C12H16N2O2/c1-4-14(12(16)11(15)13-3)10-7-5-6-9(2)8-10/h5-8H,4H2,1-3H3,(H,13,15). The monoisotopic (exact) mass is 220 g/mol. The molecule has 0 radical (unpaired) electrons. The number of carbonyl (C=O) groups excluding carboxylic acids is 2. The highest BCUT2D eigenvalue weighted by molar-refractivity contribution is 6.40. The molecule has 0 aromatic heterocycles. The van der Waals surface area contributed by atoms with Gasteiger partial charge in [-0.15, -0.1) is 0 Å². The van der Waals surface area contributed by atoms with E-state index >= 15 is 0 Å². The molecule has 0 unspecified atom stereocenters. The number of anilines is 1. The lowest BCUT2D eigenvalue weighted by atomic mass is 10.2. The van der Waals surface area contributed by atoms with Gasteiger partial charge in [-0.2, -0.15) is 0 Å². The highest BCUT2D eigenvalue weighted by atomic mass is 16.2. The molecule has 0 heterocycles. The summed E-state index contributed by atoms with van der Waals surface area (Å²) in [6.45, 7) is 4.25. The van der Waals surface area contributed by atoms with Crippen LogP contribution in [0, 0.1) is 6.92 Å². The Morgan fingerprint density at radius 2 is 2.06 bits per heavy atom. The highest BCUT2D eigenvalue weighted by Crippen LogP contribution is 2.15. The zero-order valence-electron chi connectivity index (χ0n) is 9.78. The van der Waals surface area contributed by atoms with Crippen molar-refractivity contribution < 1.29 is 9.59 Å². The Hall–Kier alpha value is -1.84. The predicted octanol–water partition coefficient (Wildman–Crippen LogP) is 1.09. The fourth-order valence-corrected chi connectivity index (χ4v) is 1.47. The van der Waals surface area contributed by atoms with Gasteiger partial charge in [-0.1, -0.05) is 12.1 Å². The first kappa shape index (κ1) is 12.2. The Balaban J connectivity index is 2.99. The quantitative estimate of drug-likeness (QED) is 0.759. The third kappa shape index (κ3) is 2.59. The van der Waals surface area contributed by atoms with Crippen LogP contribution in [0.1, 0.15) is 12.5 Å². The van der Waals surface area contributed by atoms with Gasteiger partial charge in [-0.25, -0.2) is 0 Å². The van der Waals surface area contributed by atoms with Crippen molar-refractivity contribution in [3.05, 3.63) is 29.8 Å². The number of benzene rings is 1. The first-order valence-corrected chi connectivity index (χ1v) is 5.20. The number of nitrogens with zero attached hydrogens (tertiary/aromatic N) is 1. The first-order chi connectivity index (χ1) is 7.60. The molecule has 86 valence electrons. The third-order valence-corrected chi connectivity index (χ3v) is 2.30. The van der Waals surface area contributed by atoms with Crippen molar-refractivity contribution in [1.29, 1.82) is 0 Å². The maximum Gasteiger partial charge on any atom is 0.316 e. The van der Waals surface area contributed by atoms with E-state index in [0.717, 1.165) is 11.3 Å². The van der Waals surface area contributed by atoms with E-state index in [0.29, 0.717) is 6.54 Å². The van der Waals surface area contributed by atoms with Crippen LogP contribution in [-0.4, -0.2) is 25.4 Å². The van der Waals surface area contributed by atoms with Gasteiger partial charge in [0, 0.05) is 19.3 Å². The number of aryl methyl sites for hydroxylation is 1. The van der Waals surface area contributed by atoms with E-state index in [1.807, 2.05) is 38.1 Å². The molecule has 1 aromatic carbocycles. The maximum atomic E-state index is 11.7. The van der Waals surface area contributed by atoms with E-state index in [9.17, 15) is 9.59 Å². The van der Waals surface area contributed by atoms with E-state index in [4.69, 9.17) is 0 Å². The van der Waals surface area contributed by atoms with Crippen LogP contribution in [0.2, 0.25) is 0 Å². The minimum atomic E-state index is -0.594. The summed E-state index contributed by atoms with van der Waals surface area (Å²) in [5, 5.41) is 2.33. The van der Waals surface area contributed by atoms with Crippen molar-refractivity contribution in [2.75, 3.05) is 18.5 Å². The van der Waals surface area contributed by atoms with Crippen molar-refractivity contribution in [2.45, 2.75) is 13.8 Å². The summed E-state index contributed by atoms with van der Waals surface area (Å²) in [5.41, 5.74) is 1.80. The van der Waals surface area contributed by atoms with Gasteiger partial charge >= 0.3 is 11.8 Å². The average Bonchev–Trinajstić information content (AvgIpc) is 2.29. The van der Waals surface area contributed by atoms with Crippen molar-refractivity contribution >= 4 is 17.5 Å². The topological polar surface area (TPSA) is 49.4 Å². The zero-order valence-corrected chi connectivity index (χ0v) is 9.78. The Kier molecular flexibility index (Phi) is 4.05. The lowest BCUT2D eigenvalue weighted by Crippen LogP contribution is -2.41. The number of rotatable bonds is 2. The maximum absolute atomic E-state index is 11.7. The van der Waals surface area contributed by atoms with Gasteiger partial charge in [0.05, 0.1) is 0 Å². The lowest BCUT2D eigenvalue weighted by molar-refractivity contribution is -0.137. The van der Waals surface area contributed by atoms with E-state index in [2.05, 4.69) is 5.32 Å². The average molecular weight is 220 g/mol. The molecule has 0 aliphatic carbocycles. The number of carbonyl (C=O) groups is 2. The van der Waals surface area contributed by atoms with Crippen LogP contribution >= 0.6 is 0 Å². The molecule has 16 heavy (non-hydrogen) atoms. The third-order valence-electron chi connectivity index (χ3n) is 2.30. The number of likely N-dealkylation sites (N-methyl/N-ethyl adjacent to an activating group) is 2. The normalized spacial score (nSPS) is 9.69. The van der Waals surface area contributed by atoms with Gasteiger partial charge in [0.15, 0.2) is 0 Å². The summed E-state index contributed by atoms with van der Waals surface area (Å²) >= 11 is 0. The zero-order chi connectivity index (χ0) is 12.1. The molecule has 0 spiro atoms. The second kappa shape index (κ2) is 5.30. The molecular weight excluding hydrogens is 204 g/mol. The molecule has 1 aromatic rings. The first-order valence-electron chi connectivity index (χ1n) is 5.20. The van der Waals surface area contributed by atoms with Crippen LogP contribution < -0.4 is 10.2 Å². The van der Waals surface area contributed by atoms with E-state index in [1.54, 1.807) is 0 Å². The Labute approximate surface area is 95.3 Å². The summed E-state index contributed by atoms with van der Waals surface area (Å²) in [5.74, 6) is -1.13. The minimum Gasteiger partial charge on any atom is -0.351 e. The molecule has 0 aliphatic heterocycles. The van der Waals surface area contributed by atoms with Crippen LogP contribution in [0.5, 0.6) is 0 Å². The second-order valence-electron chi connectivity index (χ2n) is 3.47. The van der Waals surface area contributed by atoms with Crippen LogP contribution in [0.3, 0.4) is 0 Å². The second-order valence-corrected chi connectivity index (χ2v) is 3.47. The smallest absolute Gasteiger partial charge is 0.316 e.